The summed E-state index contributed by atoms with van der Waals surface area (Å²) >= 11 is 0. The first kappa shape index (κ1) is 12.3. The number of ether oxygens (including phenoxy) is 3. The molecule has 2 saturated heterocycles. The molecule has 2 unspecified atom stereocenters. The van der Waals surface area contributed by atoms with Gasteiger partial charge in [0.2, 0.25) is 0 Å². The highest BCUT2D eigenvalue weighted by atomic mass is 16.5. The first-order valence-corrected chi connectivity index (χ1v) is 6.43. The lowest BCUT2D eigenvalue weighted by molar-refractivity contribution is 0.0840. The summed E-state index contributed by atoms with van der Waals surface area (Å²) in [5.41, 5.74) is 0. The van der Waals surface area contributed by atoms with E-state index in [1.165, 1.54) is 12.8 Å². The lowest BCUT2D eigenvalue weighted by Crippen LogP contribution is -2.29. The van der Waals surface area contributed by atoms with E-state index in [0.29, 0.717) is 12.0 Å². The molecule has 0 bridgehead atoms. The fourth-order valence-electron chi connectivity index (χ4n) is 2.18. The summed E-state index contributed by atoms with van der Waals surface area (Å²) in [5.74, 6) is 0.623. The van der Waals surface area contributed by atoms with Gasteiger partial charge in [0, 0.05) is 32.2 Å². The molecule has 2 aliphatic rings. The smallest absolute Gasteiger partial charge is 0.0700 e. The van der Waals surface area contributed by atoms with Gasteiger partial charge in [0.25, 0.3) is 0 Å². The van der Waals surface area contributed by atoms with Gasteiger partial charge < -0.3 is 19.5 Å². The Morgan fingerprint density at radius 2 is 2.25 bits per heavy atom. The molecule has 2 aliphatic heterocycles. The molecule has 1 N–H and O–H groups in total. The van der Waals surface area contributed by atoms with Crippen molar-refractivity contribution in [3.05, 3.63) is 0 Å². The standard InChI is InChI=1S/C12H23NO3/c1-2-12(16-5-1)8-13-4-7-15-10-11-3-6-14-9-11/h11-13H,1-10H2. The van der Waals surface area contributed by atoms with E-state index >= 15 is 0 Å². The second-order valence-corrected chi connectivity index (χ2v) is 4.64. The van der Waals surface area contributed by atoms with Gasteiger partial charge in [0.1, 0.15) is 0 Å². The van der Waals surface area contributed by atoms with Crippen LogP contribution < -0.4 is 5.32 Å². The Morgan fingerprint density at radius 3 is 3.00 bits per heavy atom. The van der Waals surface area contributed by atoms with Crippen molar-refractivity contribution >= 4 is 0 Å². The highest BCUT2D eigenvalue weighted by molar-refractivity contribution is 4.67. The topological polar surface area (TPSA) is 39.7 Å². The third kappa shape index (κ3) is 4.37. The first-order valence-electron chi connectivity index (χ1n) is 6.43. The zero-order valence-corrected chi connectivity index (χ0v) is 9.95. The van der Waals surface area contributed by atoms with Gasteiger partial charge in [0.15, 0.2) is 0 Å². The monoisotopic (exact) mass is 229 g/mol. The van der Waals surface area contributed by atoms with Crippen LogP contribution in [0, 0.1) is 5.92 Å². The van der Waals surface area contributed by atoms with Crippen molar-refractivity contribution in [3.63, 3.8) is 0 Å². The highest BCUT2D eigenvalue weighted by Gasteiger charge is 2.16. The van der Waals surface area contributed by atoms with Crippen LogP contribution >= 0.6 is 0 Å². The molecule has 0 amide bonds. The largest absolute Gasteiger partial charge is 0.381 e. The van der Waals surface area contributed by atoms with E-state index in [2.05, 4.69) is 5.32 Å². The summed E-state index contributed by atoms with van der Waals surface area (Å²) in [6, 6.07) is 0. The molecule has 2 fully saturated rings. The summed E-state index contributed by atoms with van der Waals surface area (Å²) < 4.78 is 16.4. The second-order valence-electron chi connectivity index (χ2n) is 4.64. The Kier molecular flexibility index (Phi) is 5.55. The normalized spacial score (nSPS) is 30.0. The average molecular weight is 229 g/mol. The third-order valence-electron chi connectivity index (χ3n) is 3.20. The molecular weight excluding hydrogens is 206 g/mol. The van der Waals surface area contributed by atoms with Crippen LogP contribution in [0.5, 0.6) is 0 Å². The minimum absolute atomic E-state index is 0.434. The van der Waals surface area contributed by atoms with Crippen LogP contribution in [0.25, 0.3) is 0 Å². The molecule has 4 nitrogen and oxygen atoms in total. The molecule has 2 heterocycles. The van der Waals surface area contributed by atoms with Crippen molar-refractivity contribution in [3.8, 4) is 0 Å². The maximum absolute atomic E-state index is 5.60. The predicted octanol–water partition coefficient (Wildman–Crippen LogP) is 0.808. The predicted molar refractivity (Wildman–Crippen MR) is 61.6 cm³/mol. The second kappa shape index (κ2) is 7.22. The van der Waals surface area contributed by atoms with Crippen LogP contribution in [-0.2, 0) is 14.2 Å². The summed E-state index contributed by atoms with van der Waals surface area (Å²) in [5, 5.41) is 3.37. The van der Waals surface area contributed by atoms with E-state index in [1.54, 1.807) is 0 Å². The van der Waals surface area contributed by atoms with Gasteiger partial charge in [0.05, 0.1) is 25.9 Å². The van der Waals surface area contributed by atoms with Gasteiger partial charge in [-0.2, -0.15) is 0 Å². The molecule has 0 aromatic carbocycles. The van der Waals surface area contributed by atoms with Crippen LogP contribution in [0.15, 0.2) is 0 Å². The molecule has 4 heteroatoms. The quantitative estimate of drug-likeness (QED) is 0.656. The van der Waals surface area contributed by atoms with Crippen LogP contribution in [0.4, 0.5) is 0 Å². The van der Waals surface area contributed by atoms with Gasteiger partial charge in [-0.15, -0.1) is 0 Å². The molecule has 2 atom stereocenters. The molecule has 94 valence electrons. The van der Waals surface area contributed by atoms with Crippen molar-refractivity contribution < 1.29 is 14.2 Å². The molecule has 0 aliphatic carbocycles. The fraction of sp³-hybridized carbons (Fsp3) is 1.00. The SMILES string of the molecule is C1COC(CNCCOCC2CCOC2)C1. The van der Waals surface area contributed by atoms with Crippen LogP contribution in [0.3, 0.4) is 0 Å². The van der Waals surface area contributed by atoms with Crippen molar-refractivity contribution in [1.29, 1.82) is 0 Å². The van der Waals surface area contributed by atoms with E-state index in [0.717, 1.165) is 52.5 Å². The van der Waals surface area contributed by atoms with Gasteiger partial charge in [-0.1, -0.05) is 0 Å². The van der Waals surface area contributed by atoms with Crippen molar-refractivity contribution in [1.82, 2.24) is 5.32 Å². The third-order valence-corrected chi connectivity index (χ3v) is 3.20. The van der Waals surface area contributed by atoms with Crippen molar-refractivity contribution in [2.24, 2.45) is 5.92 Å². The molecule has 0 spiro atoms. The summed E-state index contributed by atoms with van der Waals surface area (Å²) in [6.07, 6.45) is 4.00. The molecule has 0 aromatic rings. The molecule has 16 heavy (non-hydrogen) atoms. The van der Waals surface area contributed by atoms with Gasteiger partial charge in [-0.3, -0.25) is 0 Å². The van der Waals surface area contributed by atoms with Crippen molar-refractivity contribution in [2.45, 2.75) is 25.4 Å². The molecular formula is C12H23NO3. The van der Waals surface area contributed by atoms with Gasteiger partial charge in [-0.05, 0) is 19.3 Å². The number of hydrogen-bond acceptors (Lipinski definition) is 4. The Hall–Kier alpha value is -0.160. The average Bonchev–Trinajstić information content (AvgIpc) is 2.96. The Morgan fingerprint density at radius 1 is 1.25 bits per heavy atom. The van der Waals surface area contributed by atoms with Crippen molar-refractivity contribution in [2.75, 3.05) is 46.1 Å². The van der Waals surface area contributed by atoms with E-state index in [9.17, 15) is 0 Å². The highest BCUT2D eigenvalue weighted by Crippen LogP contribution is 2.12. The summed E-state index contributed by atoms with van der Waals surface area (Å²) in [7, 11) is 0. The number of rotatable bonds is 7. The van der Waals surface area contributed by atoms with Crippen LogP contribution in [-0.4, -0.2) is 52.2 Å². The van der Waals surface area contributed by atoms with Gasteiger partial charge in [-0.25, -0.2) is 0 Å². The van der Waals surface area contributed by atoms with E-state index < -0.39 is 0 Å². The Balaban J connectivity index is 1.37. The lowest BCUT2D eigenvalue weighted by Gasteiger charge is -2.12. The number of nitrogens with one attached hydrogen (secondary N) is 1. The maximum atomic E-state index is 5.60. The maximum Gasteiger partial charge on any atom is 0.0700 e. The zero-order chi connectivity index (χ0) is 11.1. The zero-order valence-electron chi connectivity index (χ0n) is 9.95. The van der Waals surface area contributed by atoms with E-state index in [4.69, 9.17) is 14.2 Å². The molecule has 0 radical (unpaired) electrons. The molecule has 2 rings (SSSR count). The van der Waals surface area contributed by atoms with Gasteiger partial charge >= 0.3 is 0 Å². The number of hydrogen-bond donors (Lipinski definition) is 1. The molecule has 0 saturated carbocycles. The Labute approximate surface area is 97.6 Å². The first-order chi connectivity index (χ1) is 7.95. The Bertz CT molecular complexity index is 157. The van der Waals surface area contributed by atoms with E-state index in [1.807, 2.05) is 0 Å². The lowest BCUT2D eigenvalue weighted by atomic mass is 10.1. The van der Waals surface area contributed by atoms with E-state index in [-0.39, 0.29) is 0 Å². The van der Waals surface area contributed by atoms with Crippen LogP contribution in [0.2, 0.25) is 0 Å². The minimum atomic E-state index is 0.434. The minimum Gasteiger partial charge on any atom is -0.381 e. The van der Waals surface area contributed by atoms with Crippen LogP contribution in [0.1, 0.15) is 19.3 Å². The summed E-state index contributed by atoms with van der Waals surface area (Å²) in [6.45, 7) is 6.26. The summed E-state index contributed by atoms with van der Waals surface area (Å²) in [4.78, 5) is 0. The fourth-order valence-corrected chi connectivity index (χ4v) is 2.18. The molecule has 0 aromatic heterocycles.